The highest BCUT2D eigenvalue weighted by Crippen LogP contribution is 2.32. The molecule has 2 unspecified atom stereocenters. The maximum atomic E-state index is 13.5. The van der Waals surface area contributed by atoms with Gasteiger partial charge >= 0.3 is 0 Å². The first kappa shape index (κ1) is 25.5. The van der Waals surface area contributed by atoms with E-state index in [9.17, 15) is 9.59 Å². The van der Waals surface area contributed by atoms with E-state index >= 15 is 0 Å². The smallest absolute Gasteiger partial charge is 0.253 e. The Balaban J connectivity index is 1.73. The van der Waals surface area contributed by atoms with Crippen molar-refractivity contribution in [3.8, 4) is 0 Å². The Kier molecular flexibility index (Phi) is 8.32. The fourth-order valence-corrected chi connectivity index (χ4v) is 5.85. The lowest BCUT2D eigenvalue weighted by Crippen LogP contribution is -2.43. The summed E-state index contributed by atoms with van der Waals surface area (Å²) in [6, 6.07) is 8.74. The maximum absolute atomic E-state index is 13.5. The minimum Gasteiger partial charge on any atom is -0.368 e. The number of hydrogen-bond donors (Lipinski definition) is 3. The number of amides is 1. The molecule has 1 aromatic heterocycles. The lowest BCUT2D eigenvalue weighted by atomic mass is 9.84. The summed E-state index contributed by atoms with van der Waals surface area (Å²) in [4.78, 5) is 31.8. The van der Waals surface area contributed by atoms with Gasteiger partial charge in [0.2, 0.25) is 0 Å². The van der Waals surface area contributed by atoms with Gasteiger partial charge in [0.1, 0.15) is 0 Å². The van der Waals surface area contributed by atoms with E-state index in [4.69, 9.17) is 0 Å². The molecule has 3 N–H and O–H groups in total. The number of fused-ring (bicyclic) bond motifs is 2. The van der Waals surface area contributed by atoms with Gasteiger partial charge in [0.25, 0.3) is 11.5 Å². The second kappa shape index (κ2) is 11.4. The van der Waals surface area contributed by atoms with Crippen LogP contribution in [0, 0.1) is 18.8 Å². The number of nitrogens with zero attached hydrogens (tertiary/aromatic N) is 1. The van der Waals surface area contributed by atoms with Gasteiger partial charge in [0.15, 0.2) is 0 Å². The summed E-state index contributed by atoms with van der Waals surface area (Å²) < 4.78 is 0. The standard InChI is InChI=1S/C29H42N4O2/c1-5-33(23-13-15-30-16-14-23)27-8-6-7-25-24(27)12-10-20(3)19(2)9-11-22-17-21(4)32-29(35)26(22)18-31-28(25)34/h6-8,17,19-20,23,30H,5,9-16,18H2,1-4H3,(H,31,34)(H,32,35). The lowest BCUT2D eigenvalue weighted by molar-refractivity contribution is 0.0949. The Hall–Kier alpha value is -2.60. The summed E-state index contributed by atoms with van der Waals surface area (Å²) in [7, 11) is 0. The Morgan fingerprint density at radius 3 is 2.40 bits per heavy atom. The van der Waals surface area contributed by atoms with Crippen molar-refractivity contribution < 1.29 is 4.79 Å². The highest BCUT2D eigenvalue weighted by molar-refractivity contribution is 5.97. The predicted octanol–water partition coefficient (Wildman–Crippen LogP) is 4.34. The van der Waals surface area contributed by atoms with Crippen molar-refractivity contribution >= 4 is 11.6 Å². The molecule has 1 saturated heterocycles. The number of aryl methyl sites for hydroxylation is 2. The fraction of sp³-hybridized carbons (Fsp3) is 0.586. The summed E-state index contributed by atoms with van der Waals surface area (Å²) in [5.74, 6) is 0.975. The normalized spacial score (nSPS) is 22.1. The van der Waals surface area contributed by atoms with Gasteiger partial charge in [0.05, 0.1) is 0 Å². The minimum absolute atomic E-state index is 0.0888. The molecule has 0 spiro atoms. The molecular weight excluding hydrogens is 436 g/mol. The van der Waals surface area contributed by atoms with Gasteiger partial charge in [-0.3, -0.25) is 9.59 Å². The van der Waals surface area contributed by atoms with E-state index < -0.39 is 0 Å². The average Bonchev–Trinajstić information content (AvgIpc) is 2.86. The minimum atomic E-state index is -0.0899. The highest BCUT2D eigenvalue weighted by atomic mass is 16.1. The van der Waals surface area contributed by atoms with Crippen molar-refractivity contribution in [2.45, 2.75) is 78.8 Å². The van der Waals surface area contributed by atoms with Gasteiger partial charge < -0.3 is 20.5 Å². The second-order valence-corrected chi connectivity index (χ2v) is 10.6. The first-order valence-electron chi connectivity index (χ1n) is 13.5. The summed E-state index contributed by atoms with van der Waals surface area (Å²) >= 11 is 0. The number of benzene rings is 1. The molecule has 1 aromatic carbocycles. The summed E-state index contributed by atoms with van der Waals surface area (Å²) in [6.45, 7) is 12.1. The van der Waals surface area contributed by atoms with Gasteiger partial charge in [0, 0.05) is 41.6 Å². The van der Waals surface area contributed by atoms with Crippen molar-refractivity contribution in [3.05, 3.63) is 62.6 Å². The van der Waals surface area contributed by atoms with Crippen molar-refractivity contribution in [1.82, 2.24) is 15.6 Å². The van der Waals surface area contributed by atoms with Crippen LogP contribution in [0.1, 0.15) is 79.2 Å². The maximum Gasteiger partial charge on any atom is 0.253 e. The van der Waals surface area contributed by atoms with Crippen molar-refractivity contribution in [1.29, 1.82) is 0 Å². The van der Waals surface area contributed by atoms with Crippen LogP contribution < -0.4 is 21.1 Å². The van der Waals surface area contributed by atoms with Crippen LogP contribution in [0.4, 0.5) is 5.69 Å². The topological polar surface area (TPSA) is 77.2 Å². The summed E-state index contributed by atoms with van der Waals surface area (Å²) in [5.41, 5.74) is 5.63. The monoisotopic (exact) mass is 478 g/mol. The Labute approximate surface area is 209 Å². The molecule has 2 aliphatic heterocycles. The van der Waals surface area contributed by atoms with Gasteiger partial charge in [-0.25, -0.2) is 0 Å². The first-order valence-corrected chi connectivity index (χ1v) is 13.5. The molecule has 6 heteroatoms. The predicted molar refractivity (Wildman–Crippen MR) is 143 cm³/mol. The number of rotatable bonds is 3. The molecular formula is C29H42N4O2. The molecule has 3 heterocycles. The number of aromatic amines is 1. The zero-order valence-electron chi connectivity index (χ0n) is 21.9. The van der Waals surface area contributed by atoms with E-state index in [1.54, 1.807) is 0 Å². The van der Waals surface area contributed by atoms with Gasteiger partial charge in [-0.2, -0.15) is 0 Å². The molecule has 6 nitrogen and oxygen atoms in total. The van der Waals surface area contributed by atoms with E-state index in [-0.39, 0.29) is 18.0 Å². The largest absolute Gasteiger partial charge is 0.368 e. The number of anilines is 1. The van der Waals surface area contributed by atoms with Crippen molar-refractivity contribution in [3.63, 3.8) is 0 Å². The van der Waals surface area contributed by atoms with Gasteiger partial charge in [-0.15, -0.1) is 0 Å². The molecule has 4 rings (SSSR count). The van der Waals surface area contributed by atoms with Crippen molar-refractivity contribution in [2.24, 2.45) is 11.8 Å². The molecule has 35 heavy (non-hydrogen) atoms. The highest BCUT2D eigenvalue weighted by Gasteiger charge is 2.26. The first-order chi connectivity index (χ1) is 16.9. The molecule has 0 radical (unpaired) electrons. The Bertz CT molecular complexity index is 1090. The molecule has 190 valence electrons. The molecule has 2 aromatic rings. The van der Waals surface area contributed by atoms with Crippen LogP contribution in [-0.4, -0.2) is 36.6 Å². The molecule has 0 aliphatic carbocycles. The van der Waals surface area contributed by atoms with Gasteiger partial charge in [-0.1, -0.05) is 19.9 Å². The third-order valence-electron chi connectivity index (χ3n) is 8.27. The molecule has 1 fully saturated rings. The number of carbonyl (C=O) groups excluding carboxylic acids is 1. The molecule has 2 atom stereocenters. The second-order valence-electron chi connectivity index (χ2n) is 10.6. The number of carbonyl (C=O) groups is 1. The number of nitrogens with one attached hydrogen (secondary N) is 3. The van der Waals surface area contributed by atoms with Crippen LogP contribution in [0.3, 0.4) is 0 Å². The summed E-state index contributed by atoms with van der Waals surface area (Å²) in [5, 5.41) is 6.57. The van der Waals surface area contributed by atoms with Gasteiger partial charge in [-0.05, 0) is 107 Å². The van der Waals surface area contributed by atoms with Crippen LogP contribution in [0.2, 0.25) is 0 Å². The van der Waals surface area contributed by atoms with Crippen LogP contribution in [0.5, 0.6) is 0 Å². The number of H-pyrrole nitrogens is 1. The zero-order valence-corrected chi connectivity index (χ0v) is 21.9. The Morgan fingerprint density at radius 2 is 1.69 bits per heavy atom. The summed E-state index contributed by atoms with van der Waals surface area (Å²) in [6.07, 6.45) is 6.07. The quantitative estimate of drug-likeness (QED) is 0.613. The SMILES string of the molecule is CCN(c1cccc2c1CCC(C)C(C)CCc1cc(C)[nH]c(=O)c1CNC2=O)C1CCNCC1. The van der Waals surface area contributed by atoms with E-state index in [1.165, 1.54) is 5.69 Å². The fourth-order valence-electron chi connectivity index (χ4n) is 5.85. The number of aromatic nitrogens is 1. The number of pyridine rings is 1. The van der Waals surface area contributed by atoms with E-state index in [2.05, 4.69) is 53.4 Å². The van der Waals surface area contributed by atoms with Crippen LogP contribution in [0.15, 0.2) is 29.1 Å². The molecule has 1 amide bonds. The van der Waals surface area contributed by atoms with E-state index in [1.807, 2.05) is 19.1 Å². The van der Waals surface area contributed by atoms with E-state index in [0.717, 1.165) is 80.5 Å². The average molecular weight is 479 g/mol. The number of piperidine rings is 1. The van der Waals surface area contributed by atoms with Crippen LogP contribution >= 0.6 is 0 Å². The molecule has 0 bridgehead atoms. The van der Waals surface area contributed by atoms with Crippen LogP contribution in [-0.2, 0) is 19.4 Å². The Morgan fingerprint density at radius 1 is 0.971 bits per heavy atom. The molecule has 2 aliphatic rings. The third-order valence-corrected chi connectivity index (χ3v) is 8.27. The van der Waals surface area contributed by atoms with Crippen LogP contribution in [0.25, 0.3) is 0 Å². The van der Waals surface area contributed by atoms with E-state index in [0.29, 0.717) is 23.4 Å². The zero-order chi connectivity index (χ0) is 24.9. The van der Waals surface area contributed by atoms with Crippen molar-refractivity contribution in [2.75, 3.05) is 24.5 Å². The molecule has 0 saturated carbocycles. The lowest BCUT2D eigenvalue weighted by Gasteiger charge is -2.37. The number of hydrogen-bond acceptors (Lipinski definition) is 4. The third kappa shape index (κ3) is 5.80.